The number of allylic oxidation sites excluding steroid dienone is 1. The van der Waals surface area contributed by atoms with Gasteiger partial charge in [-0.25, -0.2) is 0 Å². The van der Waals surface area contributed by atoms with Crippen LogP contribution in [0.5, 0.6) is 0 Å². The smallest absolute Gasteiger partial charge is 0.317 e. The lowest BCUT2D eigenvalue weighted by molar-refractivity contribution is -0.138. The van der Waals surface area contributed by atoms with E-state index < -0.39 is 5.97 Å². The third-order valence-corrected chi connectivity index (χ3v) is 1.82. The SMILES string of the molecule is CC=C(O)COCCCN(C)CC(=O)O. The molecule has 0 rings (SSSR count). The Morgan fingerprint density at radius 2 is 2.13 bits per heavy atom. The van der Waals surface area contributed by atoms with E-state index in [1.165, 1.54) is 0 Å². The van der Waals surface area contributed by atoms with E-state index in [-0.39, 0.29) is 18.9 Å². The van der Waals surface area contributed by atoms with Crippen molar-refractivity contribution in [3.63, 3.8) is 0 Å². The summed E-state index contributed by atoms with van der Waals surface area (Å²) in [6.07, 6.45) is 2.33. The molecule has 0 aromatic heterocycles. The van der Waals surface area contributed by atoms with E-state index in [9.17, 15) is 4.79 Å². The molecule has 2 N–H and O–H groups in total. The number of likely N-dealkylation sites (N-methyl/N-ethyl adjacent to an activating group) is 1. The van der Waals surface area contributed by atoms with Crippen molar-refractivity contribution in [2.75, 3.05) is 33.4 Å². The van der Waals surface area contributed by atoms with Crippen molar-refractivity contribution in [3.05, 3.63) is 11.8 Å². The number of nitrogens with zero attached hydrogens (tertiary/aromatic N) is 1. The third kappa shape index (κ3) is 9.24. The number of hydrogen-bond donors (Lipinski definition) is 2. The lowest BCUT2D eigenvalue weighted by Crippen LogP contribution is -2.27. The van der Waals surface area contributed by atoms with Gasteiger partial charge < -0.3 is 14.9 Å². The van der Waals surface area contributed by atoms with Crippen LogP contribution in [0.25, 0.3) is 0 Å². The fraction of sp³-hybridized carbons (Fsp3) is 0.700. The molecule has 0 atom stereocenters. The summed E-state index contributed by atoms with van der Waals surface area (Å²) in [5.74, 6) is -0.612. The van der Waals surface area contributed by atoms with Gasteiger partial charge in [0.1, 0.15) is 12.4 Å². The molecule has 0 heterocycles. The summed E-state index contributed by atoms with van der Waals surface area (Å²) in [6.45, 7) is 3.18. The molecule has 0 bridgehead atoms. The highest BCUT2D eigenvalue weighted by atomic mass is 16.5. The van der Waals surface area contributed by atoms with E-state index in [4.69, 9.17) is 14.9 Å². The van der Waals surface area contributed by atoms with E-state index >= 15 is 0 Å². The predicted molar refractivity (Wildman–Crippen MR) is 57.0 cm³/mol. The summed E-state index contributed by atoms with van der Waals surface area (Å²) in [6, 6.07) is 0. The summed E-state index contributed by atoms with van der Waals surface area (Å²) in [5, 5.41) is 17.5. The van der Waals surface area contributed by atoms with Crippen molar-refractivity contribution in [1.82, 2.24) is 4.90 Å². The minimum absolute atomic E-state index is 0.0418. The molecular formula is C10H19NO4. The fourth-order valence-electron chi connectivity index (χ4n) is 1.01. The summed E-state index contributed by atoms with van der Waals surface area (Å²) >= 11 is 0. The number of hydrogen-bond acceptors (Lipinski definition) is 4. The van der Waals surface area contributed by atoms with Gasteiger partial charge in [0, 0.05) is 13.2 Å². The van der Waals surface area contributed by atoms with Crippen LogP contribution < -0.4 is 0 Å². The van der Waals surface area contributed by atoms with Gasteiger partial charge in [-0.1, -0.05) is 0 Å². The summed E-state index contributed by atoms with van der Waals surface area (Å²) in [4.78, 5) is 12.0. The van der Waals surface area contributed by atoms with Crippen LogP contribution in [0.4, 0.5) is 0 Å². The van der Waals surface area contributed by atoms with Gasteiger partial charge >= 0.3 is 5.97 Å². The maximum absolute atomic E-state index is 10.3. The van der Waals surface area contributed by atoms with Crippen LogP contribution >= 0.6 is 0 Å². The monoisotopic (exact) mass is 217 g/mol. The number of aliphatic hydroxyl groups excluding tert-OH is 1. The molecule has 0 spiro atoms. The first-order chi connectivity index (χ1) is 7.06. The standard InChI is InChI=1S/C10H19NO4/c1-3-9(12)8-15-6-4-5-11(2)7-10(13)14/h3,12H,4-8H2,1-2H3,(H,13,14). The molecular weight excluding hydrogens is 198 g/mol. The summed E-state index contributed by atoms with van der Waals surface area (Å²) < 4.78 is 5.15. The van der Waals surface area contributed by atoms with Crippen molar-refractivity contribution in [1.29, 1.82) is 0 Å². The Kier molecular flexibility index (Phi) is 7.67. The molecule has 5 nitrogen and oxygen atoms in total. The highest BCUT2D eigenvalue weighted by Gasteiger charge is 2.03. The van der Waals surface area contributed by atoms with Crippen LogP contribution in [0.2, 0.25) is 0 Å². The van der Waals surface area contributed by atoms with E-state index in [0.717, 1.165) is 6.42 Å². The molecule has 0 aromatic rings. The van der Waals surface area contributed by atoms with Gasteiger partial charge in [0.15, 0.2) is 0 Å². The van der Waals surface area contributed by atoms with Crippen molar-refractivity contribution >= 4 is 5.97 Å². The molecule has 0 aliphatic heterocycles. The average molecular weight is 217 g/mol. The first-order valence-electron chi connectivity index (χ1n) is 4.88. The van der Waals surface area contributed by atoms with Crippen LogP contribution in [0.15, 0.2) is 11.8 Å². The number of ether oxygens (including phenoxy) is 1. The van der Waals surface area contributed by atoms with Crippen LogP contribution in [0, 0.1) is 0 Å². The molecule has 0 aliphatic rings. The number of carbonyl (C=O) groups is 1. The highest BCUT2D eigenvalue weighted by molar-refractivity contribution is 5.68. The minimum atomic E-state index is -0.829. The van der Waals surface area contributed by atoms with Crippen LogP contribution in [0.3, 0.4) is 0 Å². The van der Waals surface area contributed by atoms with Crippen LogP contribution in [-0.4, -0.2) is 54.4 Å². The molecule has 15 heavy (non-hydrogen) atoms. The number of carboxylic acids is 1. The first kappa shape index (κ1) is 13.9. The molecule has 0 radical (unpaired) electrons. The Balaban J connectivity index is 3.34. The second kappa shape index (κ2) is 8.26. The zero-order chi connectivity index (χ0) is 11.7. The Hall–Kier alpha value is -1.07. The zero-order valence-electron chi connectivity index (χ0n) is 9.27. The zero-order valence-corrected chi connectivity index (χ0v) is 9.27. The molecule has 0 aromatic carbocycles. The summed E-state index contributed by atoms with van der Waals surface area (Å²) in [5.41, 5.74) is 0. The van der Waals surface area contributed by atoms with Gasteiger partial charge in [-0.05, 0) is 26.5 Å². The van der Waals surface area contributed by atoms with Crippen molar-refractivity contribution in [2.24, 2.45) is 0 Å². The van der Waals surface area contributed by atoms with Crippen molar-refractivity contribution in [2.45, 2.75) is 13.3 Å². The second-order valence-electron chi connectivity index (χ2n) is 3.32. The topological polar surface area (TPSA) is 70.0 Å². The van der Waals surface area contributed by atoms with Gasteiger partial charge in [-0.3, -0.25) is 9.69 Å². The largest absolute Gasteiger partial charge is 0.510 e. The van der Waals surface area contributed by atoms with Crippen LogP contribution in [-0.2, 0) is 9.53 Å². The Labute approximate surface area is 90.0 Å². The normalized spacial score (nSPS) is 12.1. The van der Waals surface area contributed by atoms with E-state index in [1.807, 2.05) is 0 Å². The molecule has 0 unspecified atom stereocenters. The first-order valence-corrected chi connectivity index (χ1v) is 4.88. The van der Waals surface area contributed by atoms with Crippen molar-refractivity contribution < 1.29 is 19.7 Å². The predicted octanol–water partition coefficient (Wildman–Crippen LogP) is 0.871. The molecule has 0 aliphatic carbocycles. The summed E-state index contributed by atoms with van der Waals surface area (Å²) in [7, 11) is 1.75. The van der Waals surface area contributed by atoms with Gasteiger partial charge in [-0.2, -0.15) is 0 Å². The Morgan fingerprint density at radius 3 is 2.67 bits per heavy atom. The Morgan fingerprint density at radius 1 is 1.47 bits per heavy atom. The number of aliphatic carboxylic acids is 1. The quantitative estimate of drug-likeness (QED) is 0.466. The Bertz CT molecular complexity index is 215. The lowest BCUT2D eigenvalue weighted by Gasteiger charge is -2.13. The minimum Gasteiger partial charge on any atom is -0.510 e. The molecule has 0 fully saturated rings. The van der Waals surface area contributed by atoms with Crippen LogP contribution in [0.1, 0.15) is 13.3 Å². The maximum Gasteiger partial charge on any atom is 0.317 e. The number of aliphatic hydroxyl groups is 1. The van der Waals surface area contributed by atoms with E-state index in [2.05, 4.69) is 0 Å². The van der Waals surface area contributed by atoms with E-state index in [1.54, 1.807) is 24.9 Å². The average Bonchev–Trinajstić information content (AvgIpc) is 2.15. The van der Waals surface area contributed by atoms with Gasteiger partial charge in [0.05, 0.1) is 6.54 Å². The maximum atomic E-state index is 10.3. The van der Waals surface area contributed by atoms with Crippen molar-refractivity contribution in [3.8, 4) is 0 Å². The second-order valence-corrected chi connectivity index (χ2v) is 3.32. The highest BCUT2D eigenvalue weighted by Crippen LogP contribution is 1.92. The molecule has 0 amide bonds. The van der Waals surface area contributed by atoms with Gasteiger partial charge in [0.2, 0.25) is 0 Å². The molecule has 88 valence electrons. The van der Waals surface area contributed by atoms with Gasteiger partial charge in [-0.15, -0.1) is 0 Å². The molecule has 0 saturated carbocycles. The molecule has 5 heteroatoms. The lowest BCUT2D eigenvalue weighted by atomic mass is 10.4. The fourth-order valence-corrected chi connectivity index (χ4v) is 1.01. The molecule has 0 saturated heterocycles. The number of carboxylic acid groups (broad SMARTS) is 1. The number of rotatable bonds is 8. The van der Waals surface area contributed by atoms with Gasteiger partial charge in [0.25, 0.3) is 0 Å². The third-order valence-electron chi connectivity index (χ3n) is 1.82. The van der Waals surface area contributed by atoms with E-state index in [0.29, 0.717) is 13.2 Å².